The van der Waals surface area contributed by atoms with Gasteiger partial charge in [0.1, 0.15) is 0 Å². The quantitative estimate of drug-likeness (QED) is 0.561. The fraction of sp³-hybridized carbons (Fsp3) is 1.00. The standard InChI is InChI=1S/C11H22N2/c1-10(2,3)13-7-9-6-11(13,4)8-12(9)5/h9H,6-8H2,1-5H3/t9?,11-/m0/s1. The van der Waals surface area contributed by atoms with Gasteiger partial charge in [-0.1, -0.05) is 0 Å². The molecule has 13 heavy (non-hydrogen) atoms. The van der Waals surface area contributed by atoms with Crippen LogP contribution in [0.1, 0.15) is 34.1 Å². The number of hydrogen-bond acceptors (Lipinski definition) is 2. The summed E-state index contributed by atoms with van der Waals surface area (Å²) in [7, 11) is 2.26. The van der Waals surface area contributed by atoms with Crippen LogP contribution < -0.4 is 0 Å². The molecular formula is C11H22N2. The molecule has 0 aliphatic carbocycles. The Kier molecular flexibility index (Phi) is 1.81. The zero-order valence-corrected chi connectivity index (χ0v) is 9.59. The highest BCUT2D eigenvalue weighted by Crippen LogP contribution is 2.42. The van der Waals surface area contributed by atoms with Gasteiger partial charge >= 0.3 is 0 Å². The molecule has 0 amide bonds. The van der Waals surface area contributed by atoms with Crippen molar-refractivity contribution in [3.63, 3.8) is 0 Å². The maximum Gasteiger partial charge on any atom is 0.0329 e. The summed E-state index contributed by atoms with van der Waals surface area (Å²) >= 11 is 0. The molecule has 2 atom stereocenters. The lowest BCUT2D eigenvalue weighted by Crippen LogP contribution is -2.58. The van der Waals surface area contributed by atoms with E-state index in [2.05, 4.69) is 44.5 Å². The van der Waals surface area contributed by atoms with Gasteiger partial charge in [-0.15, -0.1) is 0 Å². The van der Waals surface area contributed by atoms with Crippen molar-refractivity contribution in [2.24, 2.45) is 0 Å². The molecule has 2 aliphatic heterocycles. The smallest absolute Gasteiger partial charge is 0.0329 e. The van der Waals surface area contributed by atoms with Crippen molar-refractivity contribution in [1.82, 2.24) is 9.80 Å². The summed E-state index contributed by atoms with van der Waals surface area (Å²) in [5, 5.41) is 0. The van der Waals surface area contributed by atoms with Gasteiger partial charge in [-0.3, -0.25) is 4.90 Å². The van der Waals surface area contributed by atoms with E-state index >= 15 is 0 Å². The molecule has 2 nitrogen and oxygen atoms in total. The Labute approximate surface area is 81.9 Å². The highest BCUT2D eigenvalue weighted by molar-refractivity contribution is 5.10. The minimum absolute atomic E-state index is 0.338. The SMILES string of the molecule is CN1C[C@]2(C)CC1CN2C(C)(C)C. The molecule has 2 bridgehead atoms. The van der Waals surface area contributed by atoms with E-state index in [9.17, 15) is 0 Å². The minimum atomic E-state index is 0.338. The molecule has 0 N–H and O–H groups in total. The van der Waals surface area contributed by atoms with Crippen molar-refractivity contribution in [2.75, 3.05) is 20.1 Å². The monoisotopic (exact) mass is 182 g/mol. The lowest BCUT2D eigenvalue weighted by Gasteiger charge is -2.46. The van der Waals surface area contributed by atoms with Gasteiger partial charge < -0.3 is 4.90 Å². The normalized spacial score (nSPS) is 41.8. The Hall–Kier alpha value is -0.0800. The lowest BCUT2D eigenvalue weighted by atomic mass is 9.95. The maximum atomic E-state index is 2.69. The summed E-state index contributed by atoms with van der Waals surface area (Å²) in [6.07, 6.45) is 1.36. The van der Waals surface area contributed by atoms with Crippen LogP contribution in [-0.4, -0.2) is 47.1 Å². The van der Waals surface area contributed by atoms with Gasteiger partial charge in [0.25, 0.3) is 0 Å². The zero-order chi connectivity index (χ0) is 9.85. The minimum Gasteiger partial charge on any atom is -0.300 e. The van der Waals surface area contributed by atoms with E-state index in [4.69, 9.17) is 0 Å². The highest BCUT2D eigenvalue weighted by atomic mass is 15.4. The maximum absolute atomic E-state index is 2.69. The molecule has 2 heterocycles. The summed E-state index contributed by atoms with van der Waals surface area (Å²) in [4.78, 5) is 5.20. The molecule has 0 spiro atoms. The molecule has 2 saturated heterocycles. The molecule has 0 saturated carbocycles. The fourth-order valence-corrected chi connectivity index (χ4v) is 3.31. The first-order valence-corrected chi connectivity index (χ1v) is 5.31. The first kappa shape index (κ1) is 9.47. The summed E-state index contributed by atoms with van der Waals surface area (Å²) in [6.45, 7) is 11.9. The van der Waals surface area contributed by atoms with Crippen molar-refractivity contribution in [3.8, 4) is 0 Å². The van der Waals surface area contributed by atoms with Gasteiger partial charge in [-0.25, -0.2) is 0 Å². The molecule has 0 aromatic heterocycles. The van der Waals surface area contributed by atoms with Crippen LogP contribution in [0.4, 0.5) is 0 Å². The van der Waals surface area contributed by atoms with Crippen molar-refractivity contribution in [3.05, 3.63) is 0 Å². The van der Waals surface area contributed by atoms with Crippen LogP contribution in [0.15, 0.2) is 0 Å². The lowest BCUT2D eigenvalue weighted by molar-refractivity contribution is 0.0156. The van der Waals surface area contributed by atoms with Crippen LogP contribution in [0, 0.1) is 0 Å². The predicted molar refractivity (Wildman–Crippen MR) is 55.9 cm³/mol. The van der Waals surface area contributed by atoms with Gasteiger partial charge in [0.05, 0.1) is 0 Å². The summed E-state index contributed by atoms with van der Waals surface area (Å²) in [5.41, 5.74) is 0.780. The first-order chi connectivity index (χ1) is 5.83. The largest absolute Gasteiger partial charge is 0.300 e. The third-order valence-electron chi connectivity index (χ3n) is 3.74. The molecule has 2 heteroatoms. The Morgan fingerprint density at radius 1 is 1.31 bits per heavy atom. The Bertz CT molecular complexity index is 215. The molecule has 2 aliphatic rings. The summed E-state index contributed by atoms with van der Waals surface area (Å²) in [6, 6.07) is 0.809. The van der Waals surface area contributed by atoms with Gasteiger partial charge in [0, 0.05) is 30.2 Å². The molecule has 1 unspecified atom stereocenters. The molecule has 0 aromatic carbocycles. The summed E-state index contributed by atoms with van der Waals surface area (Å²) in [5.74, 6) is 0. The first-order valence-electron chi connectivity index (χ1n) is 5.31. The van der Waals surface area contributed by atoms with E-state index in [-0.39, 0.29) is 0 Å². The number of likely N-dealkylation sites (N-methyl/N-ethyl adjacent to an activating group) is 1. The number of fused-ring (bicyclic) bond motifs is 2. The van der Waals surface area contributed by atoms with Crippen LogP contribution >= 0.6 is 0 Å². The molecular weight excluding hydrogens is 160 g/mol. The Balaban J connectivity index is 2.21. The van der Waals surface area contributed by atoms with Crippen molar-refractivity contribution < 1.29 is 0 Å². The molecule has 2 rings (SSSR count). The number of hydrogen-bond donors (Lipinski definition) is 0. The Morgan fingerprint density at radius 2 is 1.92 bits per heavy atom. The third-order valence-corrected chi connectivity index (χ3v) is 3.74. The second-order valence-corrected chi connectivity index (χ2v) is 6.05. The average molecular weight is 182 g/mol. The van der Waals surface area contributed by atoms with Crippen LogP contribution in [0.5, 0.6) is 0 Å². The van der Waals surface area contributed by atoms with Gasteiger partial charge in [0.15, 0.2) is 0 Å². The van der Waals surface area contributed by atoms with E-state index in [1.807, 2.05) is 0 Å². The van der Waals surface area contributed by atoms with Crippen LogP contribution in [0.25, 0.3) is 0 Å². The van der Waals surface area contributed by atoms with Crippen molar-refractivity contribution in [1.29, 1.82) is 0 Å². The number of rotatable bonds is 0. The van der Waals surface area contributed by atoms with Crippen molar-refractivity contribution >= 4 is 0 Å². The topological polar surface area (TPSA) is 6.48 Å². The molecule has 0 radical (unpaired) electrons. The van der Waals surface area contributed by atoms with Crippen molar-refractivity contribution in [2.45, 2.75) is 51.2 Å². The van der Waals surface area contributed by atoms with Gasteiger partial charge in [-0.05, 0) is 41.2 Å². The highest BCUT2D eigenvalue weighted by Gasteiger charge is 2.53. The van der Waals surface area contributed by atoms with E-state index < -0.39 is 0 Å². The molecule has 2 fully saturated rings. The fourth-order valence-electron chi connectivity index (χ4n) is 3.31. The Morgan fingerprint density at radius 3 is 2.23 bits per heavy atom. The van der Waals surface area contributed by atoms with E-state index in [1.54, 1.807) is 0 Å². The van der Waals surface area contributed by atoms with Crippen LogP contribution in [0.3, 0.4) is 0 Å². The zero-order valence-electron chi connectivity index (χ0n) is 9.59. The van der Waals surface area contributed by atoms with Crippen LogP contribution in [-0.2, 0) is 0 Å². The van der Waals surface area contributed by atoms with Gasteiger partial charge in [-0.2, -0.15) is 0 Å². The number of nitrogens with zero attached hydrogens (tertiary/aromatic N) is 2. The van der Waals surface area contributed by atoms with E-state index in [0.717, 1.165) is 6.04 Å². The summed E-state index contributed by atoms with van der Waals surface area (Å²) < 4.78 is 0. The predicted octanol–water partition coefficient (Wildman–Crippen LogP) is 1.56. The second-order valence-electron chi connectivity index (χ2n) is 6.05. The third kappa shape index (κ3) is 1.31. The number of likely N-dealkylation sites (tertiary alicyclic amines) is 2. The molecule has 0 aromatic rings. The second kappa shape index (κ2) is 2.48. The number of piperazine rings is 1. The van der Waals surface area contributed by atoms with Gasteiger partial charge in [0.2, 0.25) is 0 Å². The average Bonchev–Trinajstić information content (AvgIpc) is 2.36. The van der Waals surface area contributed by atoms with E-state index in [0.29, 0.717) is 11.1 Å². The van der Waals surface area contributed by atoms with Crippen LogP contribution in [0.2, 0.25) is 0 Å². The van der Waals surface area contributed by atoms with E-state index in [1.165, 1.54) is 19.5 Å². The molecule has 76 valence electrons.